The first-order chi connectivity index (χ1) is 13.3. The van der Waals surface area contributed by atoms with Crippen LogP contribution in [0.1, 0.15) is 5.56 Å². The molecule has 4 rings (SSSR count). The van der Waals surface area contributed by atoms with Gasteiger partial charge in [-0.05, 0) is 29.8 Å². The van der Waals surface area contributed by atoms with Crippen molar-refractivity contribution >= 4 is 11.5 Å². The zero-order chi connectivity index (χ0) is 18.6. The fraction of sp³-hybridized carbons (Fsp3) is 0.143. The molecule has 0 amide bonds. The Bertz CT molecular complexity index is 1060. The van der Waals surface area contributed by atoms with Crippen LogP contribution >= 0.6 is 0 Å². The van der Waals surface area contributed by atoms with Crippen LogP contribution in [0.15, 0.2) is 66.7 Å². The van der Waals surface area contributed by atoms with Gasteiger partial charge in [-0.25, -0.2) is 4.98 Å². The third-order valence-electron chi connectivity index (χ3n) is 4.28. The summed E-state index contributed by atoms with van der Waals surface area (Å²) in [5.74, 6) is 2.18. The molecule has 2 aromatic heterocycles. The lowest BCUT2D eigenvalue weighted by Crippen LogP contribution is -2.05. The summed E-state index contributed by atoms with van der Waals surface area (Å²) in [5, 5.41) is 7.97. The van der Waals surface area contributed by atoms with Gasteiger partial charge in [0.05, 0.1) is 14.2 Å². The monoisotopic (exact) mass is 360 g/mol. The fourth-order valence-electron chi connectivity index (χ4n) is 2.95. The van der Waals surface area contributed by atoms with Crippen molar-refractivity contribution in [2.75, 3.05) is 19.5 Å². The molecule has 6 heteroatoms. The number of hydrogen-bond acceptors (Lipinski definition) is 5. The topological polar surface area (TPSA) is 60.7 Å². The van der Waals surface area contributed by atoms with E-state index >= 15 is 0 Å². The van der Waals surface area contributed by atoms with Crippen LogP contribution in [0.4, 0.5) is 5.82 Å². The molecule has 0 bridgehead atoms. The van der Waals surface area contributed by atoms with Gasteiger partial charge in [-0.1, -0.05) is 42.5 Å². The molecule has 136 valence electrons. The molecule has 0 aliphatic rings. The minimum atomic E-state index is 0.612. The number of aromatic nitrogens is 3. The van der Waals surface area contributed by atoms with Crippen LogP contribution in [0.3, 0.4) is 0 Å². The Morgan fingerprint density at radius 1 is 0.926 bits per heavy atom. The molecule has 0 saturated heterocycles. The summed E-state index contributed by atoms with van der Waals surface area (Å²) in [6.07, 6.45) is 0. The van der Waals surface area contributed by atoms with Crippen molar-refractivity contribution in [2.45, 2.75) is 6.54 Å². The summed E-state index contributed by atoms with van der Waals surface area (Å²) in [7, 11) is 3.30. The maximum Gasteiger partial charge on any atom is 0.243 e. The molecular formula is C21H20N4O2. The van der Waals surface area contributed by atoms with E-state index < -0.39 is 0 Å². The number of benzene rings is 2. The molecule has 0 fully saturated rings. The minimum Gasteiger partial charge on any atom is -0.497 e. The number of rotatable bonds is 6. The highest BCUT2D eigenvalue weighted by molar-refractivity contribution is 5.69. The summed E-state index contributed by atoms with van der Waals surface area (Å²) in [6, 6.07) is 21.7. The molecule has 0 saturated carbocycles. The van der Waals surface area contributed by atoms with Crippen LogP contribution in [0.25, 0.3) is 16.9 Å². The molecule has 6 nitrogen and oxygen atoms in total. The van der Waals surface area contributed by atoms with Crippen LogP contribution in [-0.2, 0) is 6.54 Å². The van der Waals surface area contributed by atoms with Gasteiger partial charge < -0.3 is 14.8 Å². The Hall–Kier alpha value is -3.54. The summed E-state index contributed by atoms with van der Waals surface area (Å²) in [6.45, 7) is 0.637. The van der Waals surface area contributed by atoms with Gasteiger partial charge in [0.2, 0.25) is 5.88 Å². The van der Waals surface area contributed by atoms with Crippen LogP contribution in [0, 0.1) is 0 Å². The predicted molar refractivity (Wildman–Crippen MR) is 105 cm³/mol. The van der Waals surface area contributed by atoms with Crippen LogP contribution in [0.5, 0.6) is 11.6 Å². The van der Waals surface area contributed by atoms with Gasteiger partial charge in [-0.2, -0.15) is 4.52 Å². The van der Waals surface area contributed by atoms with Gasteiger partial charge in [0, 0.05) is 12.1 Å². The fourth-order valence-corrected chi connectivity index (χ4v) is 2.95. The SMILES string of the molecule is COc1cccc(CNc2ccc3nc(-c4ccccc4)c(OC)n3n2)c1. The Balaban J connectivity index is 1.63. The lowest BCUT2D eigenvalue weighted by molar-refractivity contribution is 0.389. The molecule has 0 unspecified atom stereocenters. The average molecular weight is 360 g/mol. The second kappa shape index (κ2) is 7.37. The van der Waals surface area contributed by atoms with Crippen molar-refractivity contribution in [3.8, 4) is 22.9 Å². The number of nitrogens with one attached hydrogen (secondary N) is 1. The number of fused-ring (bicyclic) bond motifs is 1. The standard InChI is InChI=1S/C21H20N4O2/c1-26-17-10-6-7-15(13-17)14-22-18-11-12-19-23-20(16-8-4-3-5-9-16)21(27-2)25(19)24-18/h3-13H,14H2,1-2H3,(H,22,24). The molecular weight excluding hydrogens is 340 g/mol. The number of anilines is 1. The van der Waals surface area contributed by atoms with Gasteiger partial charge in [0.25, 0.3) is 0 Å². The average Bonchev–Trinajstić information content (AvgIpc) is 3.11. The molecule has 0 aliphatic heterocycles. The van der Waals surface area contributed by atoms with Crippen LogP contribution < -0.4 is 14.8 Å². The maximum absolute atomic E-state index is 5.59. The Morgan fingerprint density at radius 2 is 1.78 bits per heavy atom. The summed E-state index contributed by atoms with van der Waals surface area (Å²) in [5.41, 5.74) is 3.61. The van der Waals surface area contributed by atoms with Crippen LogP contribution in [-0.4, -0.2) is 28.8 Å². The van der Waals surface area contributed by atoms with Gasteiger partial charge in [0.15, 0.2) is 5.65 Å². The van der Waals surface area contributed by atoms with Crippen molar-refractivity contribution in [3.05, 3.63) is 72.3 Å². The molecule has 0 spiro atoms. The normalized spacial score (nSPS) is 10.7. The Kier molecular flexibility index (Phi) is 4.61. The number of imidazole rings is 1. The first-order valence-electron chi connectivity index (χ1n) is 8.64. The second-order valence-corrected chi connectivity index (χ2v) is 6.03. The van der Waals surface area contributed by atoms with Crippen molar-refractivity contribution in [2.24, 2.45) is 0 Å². The number of hydrogen-bond donors (Lipinski definition) is 1. The molecule has 0 radical (unpaired) electrons. The lowest BCUT2D eigenvalue weighted by atomic mass is 10.2. The molecule has 0 aliphatic carbocycles. The lowest BCUT2D eigenvalue weighted by Gasteiger charge is -2.08. The molecule has 4 aromatic rings. The quantitative estimate of drug-likeness (QED) is 0.563. The highest BCUT2D eigenvalue weighted by Gasteiger charge is 2.16. The highest BCUT2D eigenvalue weighted by Crippen LogP contribution is 2.30. The largest absolute Gasteiger partial charge is 0.497 e. The highest BCUT2D eigenvalue weighted by atomic mass is 16.5. The first-order valence-corrected chi connectivity index (χ1v) is 8.64. The predicted octanol–water partition coefficient (Wildman–Crippen LogP) is 4.03. The molecule has 0 atom stereocenters. The van der Waals surface area contributed by atoms with E-state index in [1.165, 1.54) is 0 Å². The van der Waals surface area contributed by atoms with E-state index in [4.69, 9.17) is 9.47 Å². The number of ether oxygens (including phenoxy) is 2. The van der Waals surface area contributed by atoms with Crippen molar-refractivity contribution < 1.29 is 9.47 Å². The number of nitrogens with zero attached hydrogens (tertiary/aromatic N) is 3. The minimum absolute atomic E-state index is 0.612. The second-order valence-electron chi connectivity index (χ2n) is 6.03. The summed E-state index contributed by atoms with van der Waals surface area (Å²) >= 11 is 0. The molecule has 1 N–H and O–H groups in total. The molecule has 27 heavy (non-hydrogen) atoms. The maximum atomic E-state index is 5.59. The Morgan fingerprint density at radius 3 is 2.56 bits per heavy atom. The summed E-state index contributed by atoms with van der Waals surface area (Å²) < 4.78 is 12.6. The smallest absolute Gasteiger partial charge is 0.243 e. The number of methoxy groups -OCH3 is 2. The zero-order valence-electron chi connectivity index (χ0n) is 15.2. The first kappa shape index (κ1) is 16.9. The summed E-state index contributed by atoms with van der Waals surface area (Å²) in [4.78, 5) is 4.67. The van der Waals surface area contributed by atoms with Crippen molar-refractivity contribution in [1.82, 2.24) is 14.6 Å². The van der Waals surface area contributed by atoms with E-state index in [1.54, 1.807) is 18.7 Å². The van der Waals surface area contributed by atoms with E-state index in [2.05, 4.69) is 15.4 Å². The van der Waals surface area contributed by atoms with E-state index in [-0.39, 0.29) is 0 Å². The van der Waals surface area contributed by atoms with Crippen molar-refractivity contribution in [3.63, 3.8) is 0 Å². The van der Waals surface area contributed by atoms with Gasteiger partial charge in [-0.3, -0.25) is 0 Å². The Labute approximate surface area is 157 Å². The van der Waals surface area contributed by atoms with Crippen molar-refractivity contribution in [1.29, 1.82) is 0 Å². The molecule has 2 aromatic carbocycles. The van der Waals surface area contributed by atoms with E-state index in [9.17, 15) is 0 Å². The zero-order valence-corrected chi connectivity index (χ0v) is 15.2. The third kappa shape index (κ3) is 3.42. The van der Waals surface area contributed by atoms with Gasteiger partial charge in [0.1, 0.15) is 17.3 Å². The third-order valence-corrected chi connectivity index (χ3v) is 4.28. The molecule has 2 heterocycles. The van der Waals surface area contributed by atoms with E-state index in [0.29, 0.717) is 12.4 Å². The van der Waals surface area contributed by atoms with Crippen LogP contribution in [0.2, 0.25) is 0 Å². The van der Waals surface area contributed by atoms with Gasteiger partial charge in [-0.15, -0.1) is 5.10 Å². The van der Waals surface area contributed by atoms with Gasteiger partial charge >= 0.3 is 0 Å². The van der Waals surface area contributed by atoms with E-state index in [0.717, 1.165) is 34.0 Å². The van der Waals surface area contributed by atoms with E-state index in [1.807, 2.05) is 66.7 Å².